The molecule has 8 unspecified atom stereocenters. The summed E-state index contributed by atoms with van der Waals surface area (Å²) in [6.07, 6.45) is 53.8. The maximum absolute atomic E-state index is 13.3. The van der Waals surface area contributed by atoms with Crippen LogP contribution in [0.2, 0.25) is 0 Å². The zero-order chi connectivity index (χ0) is 51.8. The van der Waals surface area contributed by atoms with Crippen molar-refractivity contribution in [2.75, 3.05) is 13.2 Å². The van der Waals surface area contributed by atoms with Gasteiger partial charge in [-0.05, 0) is 64.2 Å². The number of unbranched alkanes of at least 4 members (excludes halogenated alkanes) is 18. The fraction of sp³-hybridized carbons (Fsp3) is 0.633. The van der Waals surface area contributed by atoms with Crippen LogP contribution in [0.4, 0.5) is 0 Å². The van der Waals surface area contributed by atoms with Gasteiger partial charge in [0.1, 0.15) is 24.4 Å². The standard InChI is InChI=1S/C60H97NO10/c1-4-7-10-13-16-19-22-24-26-27-28-30-33-36-39-42-45-48-55(65)71-58-57(67)56(66)54(49-62)70-60(58)69-50-51(52(63)46-43-40-37-34-31-21-18-15-12-9-6-3)61-59(68)53(64)47-44-41-38-35-32-29-25-23-20-17-14-11-8-5-2/h7-8,10-11,13-14,16-17,19-20,22-24,26-28,30,33,43,46,51-54,56-58,60,62-64,66-67H,4-6,9,12,15,18,21,25,29,31-32,34-42,44-45,47-50H2,1-3H3,(H,61,68)/b10-7-,11-8+,16-13+,17-14+,22-19+,23-20+,26-24-,28-27+,33-30+,46-43+. The molecule has 1 saturated heterocycles. The highest BCUT2D eigenvalue weighted by Gasteiger charge is 2.47. The minimum atomic E-state index is -1.64. The number of amides is 1. The van der Waals surface area contributed by atoms with Crippen molar-refractivity contribution in [1.82, 2.24) is 5.32 Å². The summed E-state index contributed by atoms with van der Waals surface area (Å²) in [6, 6.07) is -1.05. The Morgan fingerprint density at radius 3 is 1.52 bits per heavy atom. The molecule has 6 N–H and O–H groups in total. The van der Waals surface area contributed by atoms with Gasteiger partial charge in [-0.15, -0.1) is 0 Å². The predicted molar refractivity (Wildman–Crippen MR) is 291 cm³/mol. The van der Waals surface area contributed by atoms with Gasteiger partial charge in [-0.2, -0.15) is 0 Å². The van der Waals surface area contributed by atoms with E-state index >= 15 is 0 Å². The van der Waals surface area contributed by atoms with Crippen molar-refractivity contribution in [3.8, 4) is 0 Å². The first kappa shape index (κ1) is 65.1. The van der Waals surface area contributed by atoms with E-state index in [2.05, 4.69) is 56.5 Å². The topological polar surface area (TPSA) is 175 Å². The Morgan fingerprint density at radius 2 is 1.01 bits per heavy atom. The molecule has 0 aromatic heterocycles. The van der Waals surface area contributed by atoms with Crippen LogP contribution in [0.3, 0.4) is 0 Å². The molecule has 0 aliphatic carbocycles. The fourth-order valence-electron chi connectivity index (χ4n) is 7.74. The normalized spacial score (nSPS) is 20.6. The molecule has 402 valence electrons. The van der Waals surface area contributed by atoms with Crippen molar-refractivity contribution in [3.63, 3.8) is 0 Å². The molecular formula is C60H97NO10. The molecule has 0 radical (unpaired) electrons. The molecule has 11 heteroatoms. The SMILES string of the molecule is CC\C=C/C=C/C=C/C=C\C=C\C=C\CCCCCC(=O)OC1C(OCC(NC(=O)C(O)CCCCCCCC/C=C/C=C/C=C/CC)C(O)/C=C/CCCCCCCCCCC)OC(CO)C(O)C1O. The number of rotatable bonds is 43. The van der Waals surface area contributed by atoms with Crippen LogP contribution in [-0.4, -0.2) is 99.6 Å². The summed E-state index contributed by atoms with van der Waals surface area (Å²) < 4.78 is 17.5. The van der Waals surface area contributed by atoms with E-state index in [1.54, 1.807) is 6.08 Å². The summed E-state index contributed by atoms with van der Waals surface area (Å²) in [7, 11) is 0. The lowest BCUT2D eigenvalue weighted by molar-refractivity contribution is -0.305. The van der Waals surface area contributed by atoms with Crippen LogP contribution in [-0.2, 0) is 23.8 Å². The monoisotopic (exact) mass is 992 g/mol. The van der Waals surface area contributed by atoms with E-state index in [0.29, 0.717) is 12.8 Å². The number of allylic oxidation sites excluding steroid dienone is 19. The number of nitrogens with one attached hydrogen (secondary N) is 1. The highest BCUT2D eigenvalue weighted by atomic mass is 16.7. The Bertz CT molecular complexity index is 1610. The lowest BCUT2D eigenvalue weighted by atomic mass is 9.99. The zero-order valence-corrected chi connectivity index (χ0v) is 44.0. The minimum Gasteiger partial charge on any atom is -0.454 e. The van der Waals surface area contributed by atoms with Crippen molar-refractivity contribution < 1.29 is 49.3 Å². The van der Waals surface area contributed by atoms with Gasteiger partial charge in [-0.25, -0.2) is 0 Å². The van der Waals surface area contributed by atoms with Crippen molar-refractivity contribution in [3.05, 3.63) is 122 Å². The van der Waals surface area contributed by atoms with Crippen molar-refractivity contribution in [2.24, 2.45) is 0 Å². The fourth-order valence-corrected chi connectivity index (χ4v) is 7.74. The third-order valence-electron chi connectivity index (χ3n) is 12.1. The summed E-state index contributed by atoms with van der Waals surface area (Å²) in [6.45, 7) is 5.43. The van der Waals surface area contributed by atoms with Crippen LogP contribution in [0.25, 0.3) is 0 Å². The molecule has 71 heavy (non-hydrogen) atoms. The van der Waals surface area contributed by atoms with E-state index in [1.165, 1.54) is 38.5 Å². The second kappa shape index (κ2) is 47.1. The van der Waals surface area contributed by atoms with Gasteiger partial charge in [0.05, 0.1) is 25.4 Å². The van der Waals surface area contributed by atoms with Crippen LogP contribution in [0, 0.1) is 0 Å². The summed E-state index contributed by atoms with van der Waals surface area (Å²) in [5.74, 6) is -1.27. The van der Waals surface area contributed by atoms with Gasteiger partial charge in [0.25, 0.3) is 0 Å². The van der Waals surface area contributed by atoms with E-state index in [9.17, 15) is 35.1 Å². The molecule has 0 spiro atoms. The zero-order valence-electron chi connectivity index (χ0n) is 44.0. The van der Waals surface area contributed by atoms with Gasteiger partial charge >= 0.3 is 5.97 Å². The predicted octanol–water partition coefficient (Wildman–Crippen LogP) is 11.9. The number of ether oxygens (including phenoxy) is 3. The first-order valence-electron chi connectivity index (χ1n) is 27.4. The molecule has 11 nitrogen and oxygen atoms in total. The van der Waals surface area contributed by atoms with Crippen molar-refractivity contribution in [1.29, 1.82) is 0 Å². The second-order valence-electron chi connectivity index (χ2n) is 18.4. The number of aliphatic hydroxyl groups is 5. The first-order valence-corrected chi connectivity index (χ1v) is 27.4. The number of carbonyl (C=O) groups excluding carboxylic acids is 2. The average Bonchev–Trinajstić information content (AvgIpc) is 3.37. The quantitative estimate of drug-likeness (QED) is 0.0149. The second-order valence-corrected chi connectivity index (χ2v) is 18.4. The van der Waals surface area contributed by atoms with E-state index in [0.717, 1.165) is 96.3 Å². The van der Waals surface area contributed by atoms with Crippen molar-refractivity contribution >= 4 is 11.9 Å². The number of aliphatic hydroxyl groups excluding tert-OH is 5. The van der Waals surface area contributed by atoms with Gasteiger partial charge in [0.15, 0.2) is 12.4 Å². The number of hydrogen-bond acceptors (Lipinski definition) is 10. The molecule has 1 aliphatic rings. The Kier molecular flexibility index (Phi) is 43.2. The maximum atomic E-state index is 13.3. The van der Waals surface area contributed by atoms with E-state index < -0.39 is 67.4 Å². The number of hydrogen-bond donors (Lipinski definition) is 6. The summed E-state index contributed by atoms with van der Waals surface area (Å²) in [5, 5.41) is 56.7. The number of carbonyl (C=O) groups is 2. The molecule has 1 amide bonds. The molecule has 8 atom stereocenters. The lowest BCUT2D eigenvalue weighted by Crippen LogP contribution is -2.61. The molecular weight excluding hydrogens is 895 g/mol. The average molecular weight is 992 g/mol. The molecule has 0 aromatic rings. The summed E-state index contributed by atoms with van der Waals surface area (Å²) in [4.78, 5) is 26.4. The lowest BCUT2D eigenvalue weighted by Gasteiger charge is -2.41. The Balaban J connectivity index is 2.79. The molecule has 1 rings (SSSR count). The largest absolute Gasteiger partial charge is 0.454 e. The summed E-state index contributed by atoms with van der Waals surface area (Å²) in [5.41, 5.74) is 0. The molecule has 0 bridgehead atoms. The molecule has 1 fully saturated rings. The smallest absolute Gasteiger partial charge is 0.306 e. The van der Waals surface area contributed by atoms with Gasteiger partial charge in [0, 0.05) is 6.42 Å². The van der Waals surface area contributed by atoms with Crippen LogP contribution in [0.15, 0.2) is 122 Å². The van der Waals surface area contributed by atoms with E-state index in [4.69, 9.17) is 14.2 Å². The van der Waals surface area contributed by atoms with Crippen molar-refractivity contribution in [2.45, 2.75) is 230 Å². The van der Waals surface area contributed by atoms with E-state index in [1.807, 2.05) is 85.1 Å². The van der Waals surface area contributed by atoms with Gasteiger partial charge < -0.3 is 45.1 Å². The van der Waals surface area contributed by atoms with Crippen LogP contribution in [0.5, 0.6) is 0 Å². The highest BCUT2D eigenvalue weighted by molar-refractivity contribution is 5.80. The first-order chi connectivity index (χ1) is 34.7. The maximum Gasteiger partial charge on any atom is 0.306 e. The highest BCUT2D eigenvalue weighted by Crippen LogP contribution is 2.26. The summed E-state index contributed by atoms with van der Waals surface area (Å²) >= 11 is 0. The third-order valence-corrected chi connectivity index (χ3v) is 12.1. The van der Waals surface area contributed by atoms with Gasteiger partial charge in [0.2, 0.25) is 5.91 Å². The van der Waals surface area contributed by atoms with Crippen LogP contribution in [0.1, 0.15) is 181 Å². The molecule has 1 heterocycles. The number of esters is 1. The van der Waals surface area contributed by atoms with E-state index in [-0.39, 0.29) is 19.4 Å². The van der Waals surface area contributed by atoms with Gasteiger partial charge in [-0.3, -0.25) is 9.59 Å². The molecule has 1 aliphatic heterocycles. The van der Waals surface area contributed by atoms with Crippen LogP contribution >= 0.6 is 0 Å². The van der Waals surface area contributed by atoms with Gasteiger partial charge in [-0.1, -0.05) is 232 Å². The Hall–Kier alpha value is -3.94. The Labute approximate surface area is 430 Å². The molecule has 0 aromatic carbocycles. The minimum absolute atomic E-state index is 0.0632. The Morgan fingerprint density at radius 1 is 0.563 bits per heavy atom. The molecule has 0 saturated carbocycles. The third kappa shape index (κ3) is 35.8. The van der Waals surface area contributed by atoms with Crippen LogP contribution < -0.4 is 5.32 Å².